The number of nitrogens with zero attached hydrogens (tertiary/aromatic N) is 2. The maximum Gasteiger partial charge on any atom is 0.123 e. The van der Waals surface area contributed by atoms with Gasteiger partial charge in [-0.2, -0.15) is 5.10 Å². The first-order valence-corrected chi connectivity index (χ1v) is 5.26. The second-order valence-corrected chi connectivity index (χ2v) is 3.59. The average Bonchev–Trinajstić information content (AvgIpc) is 2.77. The molecule has 2 rings (SSSR count). The molecule has 2 aromatic rings. The molecule has 0 aliphatic carbocycles. The van der Waals surface area contributed by atoms with Crippen LogP contribution in [0.5, 0.6) is 0 Å². The second-order valence-electron chi connectivity index (χ2n) is 3.59. The van der Waals surface area contributed by atoms with Gasteiger partial charge in [0.05, 0.1) is 6.20 Å². The molecule has 2 N–H and O–H groups in total. The fourth-order valence-electron chi connectivity index (χ4n) is 1.67. The first-order valence-electron chi connectivity index (χ1n) is 5.26. The van der Waals surface area contributed by atoms with Crippen LogP contribution in [0.4, 0.5) is 4.39 Å². The molecular weight excluding hydrogens is 205 g/mol. The van der Waals surface area contributed by atoms with Crippen molar-refractivity contribution in [2.75, 3.05) is 0 Å². The van der Waals surface area contributed by atoms with Gasteiger partial charge in [-0.25, -0.2) is 4.39 Å². The molecule has 4 heteroatoms. The van der Waals surface area contributed by atoms with Crippen LogP contribution in [0.3, 0.4) is 0 Å². The molecule has 0 saturated carbocycles. The predicted octanol–water partition coefficient (Wildman–Crippen LogP) is 2.17. The highest BCUT2D eigenvalue weighted by Gasteiger charge is 2.07. The number of hydrogen-bond donors (Lipinski definition) is 1. The summed E-state index contributed by atoms with van der Waals surface area (Å²) in [5, 5.41) is 4.17. The maximum absolute atomic E-state index is 13.2. The van der Waals surface area contributed by atoms with E-state index in [1.54, 1.807) is 16.9 Å². The van der Waals surface area contributed by atoms with Gasteiger partial charge >= 0.3 is 0 Å². The van der Waals surface area contributed by atoms with E-state index < -0.39 is 0 Å². The number of nitrogens with two attached hydrogens (primary N) is 1. The largest absolute Gasteiger partial charge is 0.326 e. The van der Waals surface area contributed by atoms with E-state index in [0.717, 1.165) is 23.2 Å². The fraction of sp³-hybridized carbons (Fsp3) is 0.250. The third-order valence-corrected chi connectivity index (χ3v) is 2.56. The molecule has 0 aliphatic heterocycles. The van der Waals surface area contributed by atoms with E-state index in [9.17, 15) is 4.39 Å². The van der Waals surface area contributed by atoms with Crippen molar-refractivity contribution in [3.05, 3.63) is 42.0 Å². The average molecular weight is 219 g/mol. The molecule has 1 aromatic carbocycles. The summed E-state index contributed by atoms with van der Waals surface area (Å²) >= 11 is 0. The second kappa shape index (κ2) is 4.45. The van der Waals surface area contributed by atoms with Crippen molar-refractivity contribution in [2.45, 2.75) is 20.0 Å². The highest BCUT2D eigenvalue weighted by molar-refractivity contribution is 5.66. The van der Waals surface area contributed by atoms with Crippen molar-refractivity contribution < 1.29 is 4.39 Å². The molecular formula is C12H14FN3. The van der Waals surface area contributed by atoms with E-state index in [4.69, 9.17) is 5.73 Å². The monoisotopic (exact) mass is 219 g/mol. The van der Waals surface area contributed by atoms with Gasteiger partial charge in [-0.05, 0) is 30.2 Å². The fourth-order valence-corrected chi connectivity index (χ4v) is 1.67. The molecule has 3 nitrogen and oxygen atoms in total. The molecule has 0 saturated heterocycles. The van der Waals surface area contributed by atoms with Crippen molar-refractivity contribution in [1.29, 1.82) is 0 Å². The van der Waals surface area contributed by atoms with Gasteiger partial charge in [0.25, 0.3) is 0 Å². The normalized spacial score (nSPS) is 10.7. The minimum absolute atomic E-state index is 0.253. The lowest BCUT2D eigenvalue weighted by molar-refractivity contribution is 0.627. The van der Waals surface area contributed by atoms with Gasteiger partial charge < -0.3 is 5.73 Å². The van der Waals surface area contributed by atoms with Gasteiger partial charge in [0.2, 0.25) is 0 Å². The van der Waals surface area contributed by atoms with Crippen LogP contribution in [0.2, 0.25) is 0 Å². The van der Waals surface area contributed by atoms with Crippen LogP contribution in [0.15, 0.2) is 30.6 Å². The first-order chi connectivity index (χ1) is 7.74. The van der Waals surface area contributed by atoms with Crippen LogP contribution in [0.1, 0.15) is 12.5 Å². The van der Waals surface area contributed by atoms with E-state index in [1.165, 1.54) is 12.1 Å². The van der Waals surface area contributed by atoms with Crippen LogP contribution >= 0.6 is 0 Å². The summed E-state index contributed by atoms with van der Waals surface area (Å²) in [6, 6.07) is 4.64. The SMILES string of the molecule is CCn1cc(-c2cc(F)ccc2CN)cn1. The van der Waals surface area contributed by atoms with Crippen molar-refractivity contribution in [3.63, 3.8) is 0 Å². The topological polar surface area (TPSA) is 43.8 Å². The van der Waals surface area contributed by atoms with Crippen molar-refractivity contribution in [3.8, 4) is 11.1 Å². The number of halogens is 1. The van der Waals surface area contributed by atoms with Crippen LogP contribution in [-0.2, 0) is 13.1 Å². The summed E-state index contributed by atoms with van der Waals surface area (Å²) in [6.07, 6.45) is 3.63. The first kappa shape index (κ1) is 10.8. The van der Waals surface area contributed by atoms with E-state index in [-0.39, 0.29) is 5.82 Å². The molecule has 0 fully saturated rings. The summed E-state index contributed by atoms with van der Waals surface area (Å²) in [4.78, 5) is 0. The molecule has 84 valence electrons. The minimum Gasteiger partial charge on any atom is -0.326 e. The van der Waals surface area contributed by atoms with Gasteiger partial charge in [0.1, 0.15) is 5.82 Å². The molecule has 0 amide bonds. The molecule has 0 aliphatic rings. The molecule has 0 unspecified atom stereocenters. The number of rotatable bonds is 3. The summed E-state index contributed by atoms with van der Waals surface area (Å²) < 4.78 is 15.0. The van der Waals surface area contributed by atoms with E-state index in [1.807, 2.05) is 13.1 Å². The van der Waals surface area contributed by atoms with Crippen molar-refractivity contribution in [2.24, 2.45) is 5.73 Å². The quantitative estimate of drug-likeness (QED) is 0.859. The Labute approximate surface area is 93.7 Å². The zero-order valence-corrected chi connectivity index (χ0v) is 9.15. The summed E-state index contributed by atoms with van der Waals surface area (Å²) in [6.45, 7) is 3.20. The lowest BCUT2D eigenvalue weighted by atomic mass is 10.0. The Hall–Kier alpha value is -1.68. The smallest absolute Gasteiger partial charge is 0.123 e. The van der Waals surface area contributed by atoms with Crippen LogP contribution in [0.25, 0.3) is 11.1 Å². The number of aromatic nitrogens is 2. The standard InChI is InChI=1S/C12H14FN3/c1-2-16-8-10(7-15-16)12-5-11(13)4-3-9(12)6-14/h3-5,7-8H,2,6,14H2,1H3. The third kappa shape index (κ3) is 1.97. The highest BCUT2D eigenvalue weighted by Crippen LogP contribution is 2.24. The minimum atomic E-state index is -0.253. The maximum atomic E-state index is 13.2. The lowest BCUT2D eigenvalue weighted by Crippen LogP contribution is -1.99. The summed E-state index contributed by atoms with van der Waals surface area (Å²) in [7, 11) is 0. The Morgan fingerprint density at radius 2 is 2.25 bits per heavy atom. The molecule has 0 spiro atoms. The van der Waals surface area contributed by atoms with Crippen LogP contribution in [0, 0.1) is 5.82 Å². The number of benzene rings is 1. The Morgan fingerprint density at radius 1 is 1.44 bits per heavy atom. The van der Waals surface area contributed by atoms with E-state index >= 15 is 0 Å². The molecule has 0 radical (unpaired) electrons. The molecule has 0 atom stereocenters. The van der Waals surface area contributed by atoms with Crippen LogP contribution < -0.4 is 5.73 Å². The van der Waals surface area contributed by atoms with Crippen LogP contribution in [-0.4, -0.2) is 9.78 Å². The number of aryl methyl sites for hydroxylation is 1. The van der Waals surface area contributed by atoms with Crippen molar-refractivity contribution in [1.82, 2.24) is 9.78 Å². The van der Waals surface area contributed by atoms with Gasteiger partial charge in [0.15, 0.2) is 0 Å². The highest BCUT2D eigenvalue weighted by atomic mass is 19.1. The lowest BCUT2D eigenvalue weighted by Gasteiger charge is -2.05. The van der Waals surface area contributed by atoms with Gasteiger partial charge in [-0.1, -0.05) is 6.07 Å². The molecule has 16 heavy (non-hydrogen) atoms. The molecule has 0 bridgehead atoms. The number of hydrogen-bond acceptors (Lipinski definition) is 2. The Morgan fingerprint density at radius 3 is 2.88 bits per heavy atom. The Bertz CT molecular complexity index is 491. The van der Waals surface area contributed by atoms with E-state index in [0.29, 0.717) is 6.54 Å². The Balaban J connectivity index is 2.49. The summed E-state index contributed by atoms with van der Waals surface area (Å²) in [5.41, 5.74) is 8.28. The zero-order chi connectivity index (χ0) is 11.5. The van der Waals surface area contributed by atoms with Crippen molar-refractivity contribution >= 4 is 0 Å². The Kier molecular flexibility index (Phi) is 3.01. The summed E-state index contributed by atoms with van der Waals surface area (Å²) in [5.74, 6) is -0.253. The van der Waals surface area contributed by atoms with Gasteiger partial charge in [-0.3, -0.25) is 4.68 Å². The third-order valence-electron chi connectivity index (χ3n) is 2.56. The zero-order valence-electron chi connectivity index (χ0n) is 9.15. The molecule has 1 heterocycles. The predicted molar refractivity (Wildman–Crippen MR) is 61.2 cm³/mol. The van der Waals surface area contributed by atoms with Gasteiger partial charge in [-0.15, -0.1) is 0 Å². The molecule has 1 aromatic heterocycles. The van der Waals surface area contributed by atoms with E-state index in [2.05, 4.69) is 5.10 Å². The van der Waals surface area contributed by atoms with Gasteiger partial charge in [0, 0.05) is 24.8 Å².